The molecule has 0 atom stereocenters. The number of alkyl halides is 3. The van der Waals surface area contributed by atoms with Crippen LogP contribution >= 0.6 is 0 Å². The summed E-state index contributed by atoms with van der Waals surface area (Å²) >= 11 is 0. The van der Waals surface area contributed by atoms with Gasteiger partial charge in [-0.1, -0.05) is 0 Å². The molecule has 0 radical (unpaired) electrons. The second-order valence-electron chi connectivity index (χ2n) is 4.40. The van der Waals surface area contributed by atoms with Crippen LogP contribution in [0.15, 0.2) is 0 Å². The number of carbonyl (C=O) groups excluding carboxylic acids is 1. The monoisotopic (exact) mass is 253 g/mol. The second kappa shape index (κ2) is 6.20. The van der Waals surface area contributed by atoms with Gasteiger partial charge in [0.05, 0.1) is 13.1 Å². The minimum absolute atomic E-state index is 0.0509. The van der Waals surface area contributed by atoms with Crippen molar-refractivity contribution >= 4 is 5.91 Å². The fraction of sp³-hybridized carbons (Fsp3) is 0.900. The molecule has 0 heterocycles. The van der Waals surface area contributed by atoms with Crippen molar-refractivity contribution in [3.05, 3.63) is 0 Å². The van der Waals surface area contributed by atoms with E-state index in [1.165, 1.54) is 0 Å². The van der Waals surface area contributed by atoms with E-state index < -0.39 is 18.6 Å². The van der Waals surface area contributed by atoms with E-state index in [0.29, 0.717) is 0 Å². The number of halogens is 3. The van der Waals surface area contributed by atoms with E-state index in [-0.39, 0.29) is 18.6 Å². The summed E-state index contributed by atoms with van der Waals surface area (Å²) in [6.45, 7) is -1.45. The molecule has 0 aromatic carbocycles. The van der Waals surface area contributed by atoms with E-state index in [1.54, 1.807) is 0 Å². The van der Waals surface area contributed by atoms with Crippen LogP contribution in [0.3, 0.4) is 0 Å². The number of hydrogen-bond acceptors (Lipinski definition) is 3. The topological polar surface area (TPSA) is 67.1 Å². The molecule has 17 heavy (non-hydrogen) atoms. The third kappa shape index (κ3) is 6.48. The zero-order valence-electron chi connectivity index (χ0n) is 9.52. The lowest BCUT2D eigenvalue weighted by Gasteiger charge is -2.26. The number of rotatable bonds is 4. The van der Waals surface area contributed by atoms with Gasteiger partial charge in [-0.3, -0.25) is 4.79 Å². The number of carbonyl (C=O) groups is 1. The van der Waals surface area contributed by atoms with Gasteiger partial charge >= 0.3 is 6.18 Å². The van der Waals surface area contributed by atoms with E-state index in [0.717, 1.165) is 25.7 Å². The van der Waals surface area contributed by atoms with Gasteiger partial charge in [0.1, 0.15) is 0 Å². The lowest BCUT2D eigenvalue weighted by molar-refractivity contribution is -0.128. The summed E-state index contributed by atoms with van der Waals surface area (Å²) < 4.78 is 35.4. The molecule has 0 unspecified atom stereocenters. The van der Waals surface area contributed by atoms with Crippen molar-refractivity contribution in [3.8, 4) is 0 Å². The molecule has 0 bridgehead atoms. The quantitative estimate of drug-likeness (QED) is 0.684. The van der Waals surface area contributed by atoms with E-state index in [2.05, 4.69) is 10.6 Å². The largest absolute Gasteiger partial charge is 0.401 e. The van der Waals surface area contributed by atoms with Crippen molar-refractivity contribution in [3.63, 3.8) is 0 Å². The molecule has 4 N–H and O–H groups in total. The van der Waals surface area contributed by atoms with E-state index in [4.69, 9.17) is 5.73 Å². The number of nitrogens with one attached hydrogen (secondary N) is 2. The fourth-order valence-corrected chi connectivity index (χ4v) is 1.86. The van der Waals surface area contributed by atoms with Crippen LogP contribution in [0.5, 0.6) is 0 Å². The Morgan fingerprint density at radius 3 is 2.35 bits per heavy atom. The van der Waals surface area contributed by atoms with Crippen LogP contribution in [-0.2, 0) is 4.79 Å². The number of nitrogens with two attached hydrogens (primary N) is 1. The van der Waals surface area contributed by atoms with Gasteiger partial charge in [-0.2, -0.15) is 13.2 Å². The molecule has 0 saturated heterocycles. The molecule has 0 spiro atoms. The molecule has 4 nitrogen and oxygen atoms in total. The maximum atomic E-state index is 11.8. The molecule has 1 aliphatic rings. The molecule has 1 fully saturated rings. The third-order valence-corrected chi connectivity index (χ3v) is 2.75. The predicted molar refractivity (Wildman–Crippen MR) is 57.3 cm³/mol. The highest BCUT2D eigenvalue weighted by molar-refractivity contribution is 5.78. The van der Waals surface area contributed by atoms with Crippen LogP contribution in [0.25, 0.3) is 0 Å². The molecule has 7 heteroatoms. The molecule has 0 aliphatic heterocycles. The first kappa shape index (κ1) is 14.2. The van der Waals surface area contributed by atoms with Crippen LogP contribution in [-0.4, -0.2) is 37.3 Å². The summed E-state index contributed by atoms with van der Waals surface area (Å²) in [4.78, 5) is 11.3. The zero-order valence-corrected chi connectivity index (χ0v) is 9.52. The summed E-state index contributed by atoms with van der Waals surface area (Å²) in [5, 5.41) is 4.76. The highest BCUT2D eigenvalue weighted by atomic mass is 19.4. The van der Waals surface area contributed by atoms with Crippen molar-refractivity contribution in [2.75, 3.05) is 13.1 Å². The molecule has 1 saturated carbocycles. The van der Waals surface area contributed by atoms with E-state index in [1.807, 2.05) is 0 Å². The first-order chi connectivity index (χ1) is 7.87. The van der Waals surface area contributed by atoms with Gasteiger partial charge in [0, 0.05) is 12.1 Å². The zero-order chi connectivity index (χ0) is 12.9. The SMILES string of the molecule is NC1CCC(NC(=O)CNCC(F)(F)F)CC1. The Morgan fingerprint density at radius 1 is 1.24 bits per heavy atom. The highest BCUT2D eigenvalue weighted by Crippen LogP contribution is 2.16. The Balaban J connectivity index is 2.13. The molecular formula is C10H18F3N3O. The Bertz CT molecular complexity index is 250. The summed E-state index contributed by atoms with van der Waals surface area (Å²) in [5.74, 6) is -0.394. The predicted octanol–water partition coefficient (Wildman–Crippen LogP) is 0.524. The normalized spacial score (nSPS) is 25.6. The number of hydrogen-bond donors (Lipinski definition) is 3. The summed E-state index contributed by atoms with van der Waals surface area (Å²) in [6, 6.07) is 0.237. The van der Waals surface area contributed by atoms with E-state index >= 15 is 0 Å². The van der Waals surface area contributed by atoms with Crippen LogP contribution in [0.1, 0.15) is 25.7 Å². The summed E-state index contributed by atoms with van der Waals surface area (Å²) in [5.41, 5.74) is 5.71. The smallest absolute Gasteiger partial charge is 0.352 e. The standard InChI is InChI=1S/C10H18F3N3O/c11-10(12,13)6-15-5-9(17)16-8-3-1-7(14)2-4-8/h7-8,15H,1-6,14H2,(H,16,17). The third-order valence-electron chi connectivity index (χ3n) is 2.75. The molecule has 0 aromatic rings. The molecule has 1 amide bonds. The Hall–Kier alpha value is -0.820. The molecule has 100 valence electrons. The average molecular weight is 253 g/mol. The minimum atomic E-state index is -4.28. The Kier molecular flexibility index (Phi) is 5.20. The first-order valence-corrected chi connectivity index (χ1v) is 5.69. The van der Waals surface area contributed by atoms with Crippen molar-refractivity contribution < 1.29 is 18.0 Å². The van der Waals surface area contributed by atoms with Crippen molar-refractivity contribution in [2.45, 2.75) is 43.9 Å². The second-order valence-corrected chi connectivity index (χ2v) is 4.40. The molecule has 1 aliphatic carbocycles. The Morgan fingerprint density at radius 2 is 1.82 bits per heavy atom. The maximum absolute atomic E-state index is 11.8. The Labute approximate surface area is 98.1 Å². The minimum Gasteiger partial charge on any atom is -0.352 e. The molecule has 0 aromatic heterocycles. The van der Waals surface area contributed by atoms with Crippen LogP contribution in [0.4, 0.5) is 13.2 Å². The summed E-state index contributed by atoms with van der Waals surface area (Å²) in [7, 11) is 0. The van der Waals surface area contributed by atoms with Crippen LogP contribution in [0.2, 0.25) is 0 Å². The average Bonchev–Trinajstić information content (AvgIpc) is 2.19. The van der Waals surface area contributed by atoms with Gasteiger partial charge in [0.25, 0.3) is 0 Å². The van der Waals surface area contributed by atoms with Gasteiger partial charge in [0.15, 0.2) is 0 Å². The van der Waals surface area contributed by atoms with E-state index in [9.17, 15) is 18.0 Å². The van der Waals surface area contributed by atoms with Gasteiger partial charge in [-0.15, -0.1) is 0 Å². The summed E-state index contributed by atoms with van der Waals surface area (Å²) in [6.07, 6.45) is -0.988. The fourth-order valence-electron chi connectivity index (χ4n) is 1.86. The highest BCUT2D eigenvalue weighted by Gasteiger charge is 2.27. The first-order valence-electron chi connectivity index (χ1n) is 5.69. The van der Waals surface area contributed by atoms with Crippen LogP contribution < -0.4 is 16.4 Å². The maximum Gasteiger partial charge on any atom is 0.401 e. The van der Waals surface area contributed by atoms with Gasteiger partial charge in [0.2, 0.25) is 5.91 Å². The lowest BCUT2D eigenvalue weighted by atomic mass is 9.92. The lowest BCUT2D eigenvalue weighted by Crippen LogP contribution is -2.45. The van der Waals surface area contributed by atoms with Crippen molar-refractivity contribution in [2.24, 2.45) is 5.73 Å². The van der Waals surface area contributed by atoms with Crippen molar-refractivity contribution in [1.29, 1.82) is 0 Å². The molecular weight excluding hydrogens is 235 g/mol. The van der Waals surface area contributed by atoms with Gasteiger partial charge in [-0.05, 0) is 25.7 Å². The van der Waals surface area contributed by atoms with Crippen LogP contribution in [0, 0.1) is 0 Å². The van der Waals surface area contributed by atoms with Crippen molar-refractivity contribution in [1.82, 2.24) is 10.6 Å². The van der Waals surface area contributed by atoms with Gasteiger partial charge in [-0.25, -0.2) is 0 Å². The number of amides is 1. The molecule has 1 rings (SSSR count). The van der Waals surface area contributed by atoms with Gasteiger partial charge < -0.3 is 16.4 Å².